The van der Waals surface area contributed by atoms with Crippen molar-refractivity contribution in [2.75, 3.05) is 40.8 Å². The van der Waals surface area contributed by atoms with E-state index in [1.165, 1.54) is 12.1 Å². The second-order valence-electron chi connectivity index (χ2n) is 9.36. The molecule has 0 aromatic heterocycles. The van der Waals surface area contributed by atoms with Crippen LogP contribution in [0.1, 0.15) is 37.8 Å². The first-order valence-corrected chi connectivity index (χ1v) is 12.1. The monoisotopic (exact) mass is 482 g/mol. The maximum absolute atomic E-state index is 14.1. The van der Waals surface area contributed by atoms with Crippen LogP contribution in [0.5, 0.6) is 0 Å². The van der Waals surface area contributed by atoms with Crippen LogP contribution in [0.2, 0.25) is 0 Å². The van der Waals surface area contributed by atoms with E-state index in [9.17, 15) is 9.18 Å². The molecule has 2 aliphatic rings. The minimum Gasteiger partial charge on any atom is -0.493 e. The summed E-state index contributed by atoms with van der Waals surface area (Å²) in [7, 11) is 5.89. The molecular formula is C27H37FN5O2+. The minimum absolute atomic E-state index is 0.297. The Labute approximate surface area is 207 Å². The van der Waals surface area contributed by atoms with Gasteiger partial charge in [0.05, 0.1) is 26.2 Å². The van der Waals surface area contributed by atoms with Crippen LogP contribution in [0.25, 0.3) is 0 Å². The lowest BCUT2D eigenvalue weighted by molar-refractivity contribution is -0.489. The molecule has 1 aromatic carbocycles. The van der Waals surface area contributed by atoms with Gasteiger partial charge in [-0.3, -0.25) is 9.37 Å². The van der Waals surface area contributed by atoms with Gasteiger partial charge < -0.3 is 15.4 Å². The summed E-state index contributed by atoms with van der Waals surface area (Å²) >= 11 is 0. The van der Waals surface area contributed by atoms with Gasteiger partial charge in [-0.25, -0.2) is 14.7 Å². The number of rotatable bonds is 11. The minimum atomic E-state index is -0.499. The van der Waals surface area contributed by atoms with Gasteiger partial charge in [0.15, 0.2) is 0 Å². The van der Waals surface area contributed by atoms with Gasteiger partial charge in [0.2, 0.25) is 18.1 Å². The fourth-order valence-corrected chi connectivity index (χ4v) is 3.53. The number of carbonyl (C=O) groups excluding carboxylic acids is 1. The molecule has 0 saturated heterocycles. The van der Waals surface area contributed by atoms with Crippen molar-refractivity contribution in [2.45, 2.75) is 32.2 Å². The lowest BCUT2D eigenvalue weighted by Crippen LogP contribution is -2.30. The Kier molecular flexibility index (Phi) is 9.37. The number of hydrogen-bond acceptors (Lipinski definition) is 4. The van der Waals surface area contributed by atoms with Crippen LogP contribution in [0.15, 0.2) is 64.4 Å². The van der Waals surface area contributed by atoms with Crippen LogP contribution < -0.4 is 11.1 Å². The zero-order valence-corrected chi connectivity index (χ0v) is 21.1. The van der Waals surface area contributed by atoms with Crippen molar-refractivity contribution in [1.29, 1.82) is 0 Å². The second kappa shape index (κ2) is 12.4. The number of amidine groups is 1. The number of primary amides is 1. The van der Waals surface area contributed by atoms with Gasteiger partial charge in [-0.1, -0.05) is 18.2 Å². The maximum Gasteiger partial charge on any atom is 0.248 e. The van der Waals surface area contributed by atoms with Gasteiger partial charge in [0.1, 0.15) is 11.6 Å². The van der Waals surface area contributed by atoms with Gasteiger partial charge >= 0.3 is 0 Å². The summed E-state index contributed by atoms with van der Waals surface area (Å²) in [5, 5.41) is 3.34. The number of carbonyl (C=O) groups is 1. The molecule has 0 spiro atoms. The van der Waals surface area contributed by atoms with E-state index in [2.05, 4.69) is 12.2 Å². The van der Waals surface area contributed by atoms with Crippen LogP contribution in [0, 0.1) is 11.7 Å². The zero-order valence-electron chi connectivity index (χ0n) is 21.1. The van der Waals surface area contributed by atoms with Crippen LogP contribution in [-0.4, -0.2) is 68.4 Å². The van der Waals surface area contributed by atoms with Crippen LogP contribution in [-0.2, 0) is 9.53 Å². The molecule has 1 atom stereocenters. The number of halogens is 1. The molecule has 1 saturated carbocycles. The first-order chi connectivity index (χ1) is 16.7. The Hall–Kier alpha value is -3.26. The van der Waals surface area contributed by atoms with Gasteiger partial charge in [0.25, 0.3) is 0 Å². The summed E-state index contributed by atoms with van der Waals surface area (Å²) in [6.07, 6.45) is 10.0. The molecule has 0 heterocycles. The number of nitrogens with one attached hydrogen (secondary N) is 1. The summed E-state index contributed by atoms with van der Waals surface area (Å²) in [6.45, 7) is 4.06. The largest absolute Gasteiger partial charge is 0.493 e. The van der Waals surface area contributed by atoms with Gasteiger partial charge in [-0.15, -0.1) is 0 Å². The Morgan fingerprint density at radius 3 is 2.77 bits per heavy atom. The molecule has 3 rings (SSSR count). The highest BCUT2D eigenvalue weighted by atomic mass is 19.1. The molecule has 0 aliphatic heterocycles. The highest BCUT2D eigenvalue weighted by Crippen LogP contribution is 2.30. The Balaban J connectivity index is 2.03. The topological polar surface area (TPSA) is 83.0 Å². The SMILES string of the molecule is CC[N+](C)=CNC(=NC(CN(C)C)c1cccc(F)c1)C1=CC(OCC2CC2)=CC(C(N)=O)=CC1. The fraction of sp³-hybridized carbons (Fsp3) is 0.444. The Morgan fingerprint density at radius 2 is 2.14 bits per heavy atom. The van der Waals surface area contributed by atoms with E-state index in [0.29, 0.717) is 42.7 Å². The lowest BCUT2D eigenvalue weighted by Gasteiger charge is -2.19. The van der Waals surface area contributed by atoms with E-state index in [1.54, 1.807) is 18.2 Å². The van der Waals surface area contributed by atoms with Crippen molar-refractivity contribution in [2.24, 2.45) is 16.6 Å². The molecule has 35 heavy (non-hydrogen) atoms. The van der Waals surface area contributed by atoms with E-state index < -0.39 is 5.91 Å². The lowest BCUT2D eigenvalue weighted by atomic mass is 10.1. The molecule has 2 aliphatic carbocycles. The third-order valence-corrected chi connectivity index (χ3v) is 5.90. The van der Waals surface area contributed by atoms with E-state index in [1.807, 2.05) is 49.1 Å². The van der Waals surface area contributed by atoms with E-state index in [4.69, 9.17) is 15.5 Å². The van der Waals surface area contributed by atoms with Crippen molar-refractivity contribution < 1.29 is 18.5 Å². The maximum atomic E-state index is 14.1. The number of hydrogen-bond donors (Lipinski definition) is 2. The molecule has 7 nitrogen and oxygen atoms in total. The highest BCUT2D eigenvalue weighted by Gasteiger charge is 2.24. The number of likely N-dealkylation sites (N-methyl/N-ethyl adjacent to an activating group) is 1. The van der Waals surface area contributed by atoms with Crippen molar-refractivity contribution >= 4 is 18.1 Å². The summed E-state index contributed by atoms with van der Waals surface area (Å²) in [5.74, 6) is 0.982. The number of nitrogens with zero attached hydrogens (tertiary/aromatic N) is 3. The standard InChI is InChI=1S/C27H36FN5O2/c1-5-33(4)18-30-27(31-25(16-32(2)3)20-7-6-8-23(28)13-20)22-12-11-21(26(29)34)14-24(15-22)35-17-19-9-10-19/h6-8,11,13-15,18-19,25H,5,9-10,12,16-17H2,1-4H3,(H2,29,34)/p+1. The molecule has 0 bridgehead atoms. The van der Waals surface area contributed by atoms with Crippen LogP contribution in [0.4, 0.5) is 4.39 Å². The molecular weight excluding hydrogens is 445 g/mol. The normalized spacial score (nSPS) is 17.8. The van der Waals surface area contributed by atoms with Crippen LogP contribution >= 0.6 is 0 Å². The Morgan fingerprint density at radius 1 is 1.37 bits per heavy atom. The van der Waals surface area contributed by atoms with Crippen LogP contribution in [0.3, 0.4) is 0 Å². The Bertz CT molecular complexity index is 1070. The third kappa shape index (κ3) is 8.47. The third-order valence-electron chi connectivity index (χ3n) is 5.90. The van der Waals surface area contributed by atoms with Crippen molar-refractivity contribution in [1.82, 2.24) is 10.2 Å². The molecule has 1 aromatic rings. The molecule has 3 N–H and O–H groups in total. The predicted octanol–water partition coefficient (Wildman–Crippen LogP) is 3.16. The first kappa shape index (κ1) is 26.3. The number of allylic oxidation sites excluding steroid dienone is 2. The average molecular weight is 483 g/mol. The molecule has 1 amide bonds. The number of benzene rings is 1. The van der Waals surface area contributed by atoms with E-state index in [0.717, 1.165) is 30.5 Å². The second-order valence-corrected chi connectivity index (χ2v) is 9.36. The molecule has 188 valence electrons. The number of nitrogens with two attached hydrogens (primary N) is 1. The summed E-state index contributed by atoms with van der Waals surface area (Å²) in [6, 6.07) is 6.23. The zero-order chi connectivity index (χ0) is 25.4. The van der Waals surface area contributed by atoms with Crippen molar-refractivity contribution in [3.8, 4) is 0 Å². The molecule has 8 heteroatoms. The quantitative estimate of drug-likeness (QED) is 0.288. The smallest absolute Gasteiger partial charge is 0.248 e. The average Bonchev–Trinajstić information content (AvgIpc) is 3.65. The van der Waals surface area contributed by atoms with Crippen molar-refractivity contribution in [3.05, 3.63) is 70.8 Å². The van der Waals surface area contributed by atoms with E-state index >= 15 is 0 Å². The van der Waals surface area contributed by atoms with E-state index in [-0.39, 0.29) is 11.9 Å². The summed E-state index contributed by atoms with van der Waals surface area (Å²) in [5.41, 5.74) is 7.64. The molecule has 1 fully saturated rings. The number of aliphatic imine (C=N–C) groups is 1. The fourth-order valence-electron chi connectivity index (χ4n) is 3.53. The molecule has 1 unspecified atom stereocenters. The van der Waals surface area contributed by atoms with Crippen molar-refractivity contribution in [3.63, 3.8) is 0 Å². The van der Waals surface area contributed by atoms with Gasteiger partial charge in [0, 0.05) is 17.7 Å². The first-order valence-electron chi connectivity index (χ1n) is 12.1. The predicted molar refractivity (Wildman–Crippen MR) is 138 cm³/mol. The highest BCUT2D eigenvalue weighted by molar-refractivity contribution is 6.05. The number of ether oxygens (including phenoxy) is 1. The van der Waals surface area contributed by atoms with Gasteiger partial charge in [-0.2, -0.15) is 0 Å². The summed E-state index contributed by atoms with van der Waals surface area (Å²) in [4.78, 5) is 19.1. The van der Waals surface area contributed by atoms with Gasteiger partial charge in [-0.05, 0) is 76.0 Å². The molecule has 0 radical (unpaired) electrons. The summed E-state index contributed by atoms with van der Waals surface area (Å²) < 4.78 is 22.1. The number of amides is 1.